The molecule has 0 spiro atoms. The highest BCUT2D eigenvalue weighted by Crippen LogP contribution is 2.36. The molecule has 3 aromatic heterocycles. The van der Waals surface area contributed by atoms with Gasteiger partial charge in [-0.05, 0) is 39.0 Å². The number of sulfonamides is 1. The minimum atomic E-state index is -3.72. The number of anilines is 1. The molecule has 4 aromatic rings. The molecule has 0 aliphatic rings. The molecule has 0 fully saturated rings. The number of fused-ring (bicyclic) bond motifs is 1. The zero-order valence-corrected chi connectivity index (χ0v) is 17.4. The number of aryl methyl sites for hydroxylation is 3. The topological polar surface area (TPSA) is 72.0 Å². The normalized spacial score (nSPS) is 11.8. The van der Waals surface area contributed by atoms with Gasteiger partial charge in [0.1, 0.15) is 9.90 Å². The second-order valence-electron chi connectivity index (χ2n) is 6.26. The summed E-state index contributed by atoms with van der Waals surface area (Å²) in [7, 11) is -3.72. The summed E-state index contributed by atoms with van der Waals surface area (Å²) in [6, 6.07) is 11.0. The molecule has 1 aromatic carbocycles. The number of rotatable bonds is 4. The Morgan fingerprint density at radius 1 is 1.00 bits per heavy atom. The molecule has 4 rings (SSSR count). The lowest BCUT2D eigenvalue weighted by Crippen LogP contribution is -2.13. The number of nitrogens with zero attached hydrogens (tertiary/aromatic N) is 2. The highest BCUT2D eigenvalue weighted by atomic mass is 32.2. The average molecular weight is 416 g/mol. The van der Waals surface area contributed by atoms with Crippen LogP contribution in [0.5, 0.6) is 0 Å². The van der Waals surface area contributed by atoms with Crippen molar-refractivity contribution >= 4 is 49.3 Å². The monoisotopic (exact) mass is 415 g/mol. The van der Waals surface area contributed by atoms with Crippen LogP contribution in [0.3, 0.4) is 0 Å². The number of hydrogen-bond acceptors (Lipinski definition) is 6. The molecule has 0 saturated heterocycles. The molecule has 0 aliphatic carbocycles. The molecule has 0 bridgehead atoms. The molecule has 0 aliphatic heterocycles. The lowest BCUT2D eigenvalue weighted by atomic mass is 10.2. The van der Waals surface area contributed by atoms with Crippen LogP contribution in [0.1, 0.15) is 16.3 Å². The number of pyridine rings is 1. The van der Waals surface area contributed by atoms with Crippen LogP contribution >= 0.6 is 22.7 Å². The van der Waals surface area contributed by atoms with E-state index in [9.17, 15) is 8.42 Å². The largest absolute Gasteiger partial charge is 0.279 e. The Morgan fingerprint density at radius 2 is 1.78 bits per heavy atom. The standard InChI is InChI=1S/C19H17N3O2S3/c1-11-8-16(14-6-4-5-7-15(14)20-11)22-27(23,24)18-9-17(26-13(18)3)19-21-12(2)10-25-19/h4-10H,1-3H3,(H,20,22). The number of aromatic nitrogens is 2. The maximum atomic E-state index is 13.1. The van der Waals surface area contributed by atoms with E-state index in [0.717, 1.165) is 37.1 Å². The molecule has 0 unspecified atom stereocenters. The summed E-state index contributed by atoms with van der Waals surface area (Å²) in [6.45, 7) is 5.60. The first-order chi connectivity index (χ1) is 12.8. The Morgan fingerprint density at radius 3 is 2.52 bits per heavy atom. The molecular weight excluding hydrogens is 398 g/mol. The maximum Gasteiger partial charge on any atom is 0.263 e. The molecule has 5 nitrogen and oxygen atoms in total. The van der Waals surface area contributed by atoms with Crippen molar-refractivity contribution in [3.63, 3.8) is 0 Å². The Kier molecular flexibility index (Phi) is 4.49. The Balaban J connectivity index is 1.76. The van der Waals surface area contributed by atoms with Gasteiger partial charge in [0.15, 0.2) is 0 Å². The van der Waals surface area contributed by atoms with Crippen molar-refractivity contribution in [1.29, 1.82) is 0 Å². The van der Waals surface area contributed by atoms with Gasteiger partial charge in [0.2, 0.25) is 0 Å². The third-order valence-electron chi connectivity index (χ3n) is 4.08. The molecule has 138 valence electrons. The van der Waals surface area contributed by atoms with Gasteiger partial charge in [-0.15, -0.1) is 22.7 Å². The summed E-state index contributed by atoms with van der Waals surface area (Å²) in [4.78, 5) is 10.8. The first-order valence-corrected chi connectivity index (χ1v) is 11.4. The molecular formula is C19H17N3O2S3. The van der Waals surface area contributed by atoms with Crippen LogP contribution in [0, 0.1) is 20.8 Å². The van der Waals surface area contributed by atoms with Crippen molar-refractivity contribution in [2.24, 2.45) is 0 Å². The van der Waals surface area contributed by atoms with Gasteiger partial charge in [-0.25, -0.2) is 13.4 Å². The third-order valence-corrected chi connectivity index (χ3v) is 7.88. The summed E-state index contributed by atoms with van der Waals surface area (Å²) >= 11 is 2.96. The highest BCUT2D eigenvalue weighted by molar-refractivity contribution is 7.93. The zero-order valence-electron chi connectivity index (χ0n) is 15.0. The summed E-state index contributed by atoms with van der Waals surface area (Å²) in [5.74, 6) is 0. The van der Waals surface area contributed by atoms with E-state index < -0.39 is 10.0 Å². The van der Waals surface area contributed by atoms with Crippen molar-refractivity contribution in [1.82, 2.24) is 9.97 Å². The van der Waals surface area contributed by atoms with E-state index >= 15 is 0 Å². The summed E-state index contributed by atoms with van der Waals surface area (Å²) < 4.78 is 28.9. The molecule has 0 saturated carbocycles. The van der Waals surface area contributed by atoms with E-state index in [0.29, 0.717) is 5.69 Å². The van der Waals surface area contributed by atoms with Crippen molar-refractivity contribution in [2.75, 3.05) is 4.72 Å². The van der Waals surface area contributed by atoms with Crippen molar-refractivity contribution in [2.45, 2.75) is 25.7 Å². The van der Waals surface area contributed by atoms with E-state index in [1.807, 2.05) is 50.4 Å². The second kappa shape index (κ2) is 6.70. The SMILES string of the molecule is Cc1csc(-c2cc(S(=O)(=O)Nc3cc(C)nc4ccccc34)c(C)s2)n1. The van der Waals surface area contributed by atoms with Gasteiger partial charge in [-0.1, -0.05) is 18.2 Å². The molecule has 0 amide bonds. The fourth-order valence-corrected chi connectivity index (χ4v) is 6.42. The summed E-state index contributed by atoms with van der Waals surface area (Å²) in [5, 5.41) is 3.57. The Hall–Kier alpha value is -2.29. The predicted octanol–water partition coefficient (Wildman–Crippen LogP) is 5.15. The van der Waals surface area contributed by atoms with Gasteiger partial charge in [0.25, 0.3) is 10.0 Å². The van der Waals surface area contributed by atoms with Gasteiger partial charge < -0.3 is 0 Å². The van der Waals surface area contributed by atoms with Gasteiger partial charge in [-0.3, -0.25) is 9.71 Å². The Labute approximate surface area is 165 Å². The van der Waals surface area contributed by atoms with E-state index in [1.165, 1.54) is 22.7 Å². The second-order valence-corrected chi connectivity index (χ2v) is 10.0. The predicted molar refractivity (Wildman–Crippen MR) is 112 cm³/mol. The lowest BCUT2D eigenvalue weighted by molar-refractivity contribution is 0.601. The number of thiazole rings is 1. The van der Waals surface area contributed by atoms with Gasteiger partial charge in [0, 0.05) is 27.0 Å². The number of thiophene rings is 1. The summed E-state index contributed by atoms with van der Waals surface area (Å²) in [5.41, 5.74) is 2.99. The minimum Gasteiger partial charge on any atom is -0.279 e. The first-order valence-electron chi connectivity index (χ1n) is 8.25. The molecule has 27 heavy (non-hydrogen) atoms. The number of nitrogens with one attached hydrogen (secondary N) is 1. The quantitative estimate of drug-likeness (QED) is 0.500. The zero-order chi connectivity index (χ0) is 19.2. The van der Waals surface area contributed by atoms with Crippen molar-refractivity contribution < 1.29 is 8.42 Å². The highest BCUT2D eigenvalue weighted by Gasteiger charge is 2.22. The van der Waals surface area contributed by atoms with Crippen LogP contribution in [0.2, 0.25) is 0 Å². The van der Waals surface area contributed by atoms with Gasteiger partial charge >= 0.3 is 0 Å². The first kappa shape index (κ1) is 18.1. The molecule has 0 atom stereocenters. The smallest absolute Gasteiger partial charge is 0.263 e. The van der Waals surface area contributed by atoms with Crippen LogP contribution < -0.4 is 4.72 Å². The van der Waals surface area contributed by atoms with Crippen LogP contribution in [0.4, 0.5) is 5.69 Å². The van der Waals surface area contributed by atoms with Gasteiger partial charge in [0.05, 0.1) is 16.1 Å². The van der Waals surface area contributed by atoms with Crippen molar-refractivity contribution in [3.05, 3.63) is 58.0 Å². The lowest BCUT2D eigenvalue weighted by Gasteiger charge is -2.11. The van der Waals surface area contributed by atoms with Crippen LogP contribution in [-0.2, 0) is 10.0 Å². The van der Waals surface area contributed by atoms with E-state index in [2.05, 4.69) is 14.7 Å². The number of para-hydroxylation sites is 1. The molecule has 3 heterocycles. The van der Waals surface area contributed by atoms with Gasteiger partial charge in [-0.2, -0.15) is 0 Å². The number of benzene rings is 1. The third kappa shape index (κ3) is 3.47. The van der Waals surface area contributed by atoms with E-state index in [-0.39, 0.29) is 4.90 Å². The molecule has 0 radical (unpaired) electrons. The Bertz CT molecular complexity index is 1260. The number of hydrogen-bond donors (Lipinski definition) is 1. The fourth-order valence-electron chi connectivity index (χ4n) is 2.90. The van der Waals surface area contributed by atoms with Crippen LogP contribution in [0.25, 0.3) is 20.8 Å². The average Bonchev–Trinajstić information content (AvgIpc) is 3.20. The maximum absolute atomic E-state index is 13.1. The van der Waals surface area contributed by atoms with E-state index in [1.54, 1.807) is 12.1 Å². The van der Waals surface area contributed by atoms with Crippen molar-refractivity contribution in [3.8, 4) is 9.88 Å². The molecule has 8 heteroatoms. The fraction of sp³-hybridized carbons (Fsp3) is 0.158. The minimum absolute atomic E-state index is 0.286. The van der Waals surface area contributed by atoms with E-state index in [4.69, 9.17) is 0 Å². The molecule has 1 N–H and O–H groups in total. The van der Waals surface area contributed by atoms with Crippen LogP contribution in [-0.4, -0.2) is 18.4 Å². The van der Waals surface area contributed by atoms with Crippen LogP contribution in [0.15, 0.2) is 46.7 Å². The summed E-state index contributed by atoms with van der Waals surface area (Å²) in [6.07, 6.45) is 0.